The number of amidine groups is 1. The smallest absolute Gasteiger partial charge is 0.425 e. The highest BCUT2D eigenvalue weighted by Crippen LogP contribution is 2.45. The normalized spacial score (nSPS) is 22.9. The van der Waals surface area contributed by atoms with E-state index in [0.29, 0.717) is 21.9 Å². The zero-order valence-electron chi connectivity index (χ0n) is 21.5. The first-order chi connectivity index (χ1) is 15.8. The second-order valence-electron chi connectivity index (χ2n) is 11.2. The molecule has 0 spiro atoms. The highest BCUT2D eigenvalue weighted by molar-refractivity contribution is 7.94. The molecule has 0 saturated heterocycles. The van der Waals surface area contributed by atoms with Crippen molar-refractivity contribution in [2.45, 2.75) is 89.1 Å². The Balaban J connectivity index is 2.27. The maximum absolute atomic E-state index is 13.9. The predicted octanol–water partition coefficient (Wildman–Crippen LogP) is 4.24. The van der Waals surface area contributed by atoms with Crippen LogP contribution < -0.4 is 10.5 Å². The second-order valence-corrected chi connectivity index (χ2v) is 13.9. The average molecular weight is 510 g/mol. The topological polar surface area (TPSA) is 138 Å². The van der Waals surface area contributed by atoms with Gasteiger partial charge in [0.15, 0.2) is 9.84 Å². The van der Waals surface area contributed by atoms with Crippen LogP contribution in [0.2, 0.25) is 0 Å². The fraction of sp³-hybridized carbons (Fsp3) is 0.625. The van der Waals surface area contributed by atoms with Crippen molar-refractivity contribution in [3.05, 3.63) is 23.8 Å². The molecular weight excluding hydrogens is 474 g/mol. The van der Waals surface area contributed by atoms with Gasteiger partial charge in [-0.1, -0.05) is 0 Å². The van der Waals surface area contributed by atoms with E-state index >= 15 is 0 Å². The molecule has 2 aliphatic rings. The van der Waals surface area contributed by atoms with E-state index in [2.05, 4.69) is 0 Å². The summed E-state index contributed by atoms with van der Waals surface area (Å²) < 4.78 is 42.9. The monoisotopic (exact) mass is 509 g/mol. The van der Waals surface area contributed by atoms with Gasteiger partial charge in [-0.05, 0) is 73.6 Å². The van der Waals surface area contributed by atoms with Crippen LogP contribution in [0, 0.1) is 0 Å². The molecule has 11 heteroatoms. The molecule has 1 aromatic carbocycles. The number of nitrogens with zero attached hydrogens (tertiary/aromatic N) is 2. The van der Waals surface area contributed by atoms with Crippen LogP contribution in [0.25, 0.3) is 0 Å². The van der Waals surface area contributed by atoms with E-state index in [1.165, 1.54) is 13.8 Å². The third kappa shape index (κ3) is 5.24. The molecule has 0 bridgehead atoms. The first-order valence-electron chi connectivity index (χ1n) is 11.5. The number of carbonyl (C=O) groups is 2. The lowest BCUT2D eigenvalue weighted by Gasteiger charge is -2.41. The van der Waals surface area contributed by atoms with Crippen molar-refractivity contribution >= 4 is 33.5 Å². The minimum absolute atomic E-state index is 0.167. The van der Waals surface area contributed by atoms with E-state index in [1.54, 1.807) is 59.7 Å². The van der Waals surface area contributed by atoms with E-state index < -0.39 is 49.3 Å². The molecule has 0 aliphatic carbocycles. The van der Waals surface area contributed by atoms with Crippen molar-refractivity contribution in [2.24, 2.45) is 4.99 Å². The van der Waals surface area contributed by atoms with Crippen LogP contribution in [0.4, 0.5) is 15.3 Å². The fourth-order valence-electron chi connectivity index (χ4n) is 4.03. The second kappa shape index (κ2) is 8.69. The highest BCUT2D eigenvalue weighted by Gasteiger charge is 2.56. The van der Waals surface area contributed by atoms with Gasteiger partial charge in [0.25, 0.3) is 0 Å². The molecule has 0 saturated carbocycles. The summed E-state index contributed by atoms with van der Waals surface area (Å²) in [5.74, 6) is 0.170. The molecule has 0 radical (unpaired) electrons. The number of hydrogen-bond acceptors (Lipinski definition) is 9. The number of nitrogens with two attached hydrogens (primary N) is 1. The standard InChI is InChI=1S/C24H35N3O7S/c1-22(2,3)33-20(28)27(21(29)34-23(4,5)6)19-24(7,8)35(30,31)17-11-12-32-16-10-9-14(25)13-15(16)18(17)26-19/h9-10,13,17-18H,11-12,25H2,1-8H3. The number of anilines is 1. The Morgan fingerprint density at radius 2 is 1.63 bits per heavy atom. The fourth-order valence-corrected chi connectivity index (χ4v) is 6.14. The lowest BCUT2D eigenvalue weighted by Crippen LogP contribution is -2.60. The maximum atomic E-state index is 13.9. The van der Waals surface area contributed by atoms with Crippen molar-refractivity contribution in [3.63, 3.8) is 0 Å². The lowest BCUT2D eigenvalue weighted by atomic mass is 10.00. The van der Waals surface area contributed by atoms with Crippen LogP contribution in [-0.2, 0) is 19.3 Å². The van der Waals surface area contributed by atoms with Gasteiger partial charge < -0.3 is 19.9 Å². The number of nitrogen functional groups attached to an aromatic ring is 1. The molecule has 10 nitrogen and oxygen atoms in total. The van der Waals surface area contributed by atoms with E-state index in [1.807, 2.05) is 0 Å². The minimum Gasteiger partial charge on any atom is -0.493 e. The SMILES string of the molecule is CC(C)(C)OC(=O)N(C(=O)OC(C)(C)C)C1=NC2c3cc(N)ccc3OCCC2S(=O)(=O)C1(C)C. The van der Waals surface area contributed by atoms with Crippen molar-refractivity contribution < 1.29 is 32.2 Å². The number of benzene rings is 1. The zero-order valence-corrected chi connectivity index (χ0v) is 22.4. The number of aliphatic imine (C=N–C) groups is 1. The number of rotatable bonds is 0. The van der Waals surface area contributed by atoms with E-state index in [0.717, 1.165) is 0 Å². The molecule has 194 valence electrons. The molecule has 0 aromatic heterocycles. The molecule has 0 fully saturated rings. The molecule has 2 unspecified atom stereocenters. The molecular formula is C24H35N3O7S. The Morgan fingerprint density at radius 3 is 2.14 bits per heavy atom. The molecule has 2 amide bonds. The molecule has 2 heterocycles. The van der Waals surface area contributed by atoms with Gasteiger partial charge in [0, 0.05) is 17.7 Å². The molecule has 3 rings (SSSR count). The van der Waals surface area contributed by atoms with Crippen molar-refractivity contribution in [3.8, 4) is 5.75 Å². The average Bonchev–Trinajstić information content (AvgIpc) is 2.83. The minimum atomic E-state index is -4.00. The van der Waals surface area contributed by atoms with Crippen LogP contribution in [0.5, 0.6) is 5.75 Å². The molecule has 2 aliphatic heterocycles. The third-order valence-electron chi connectivity index (χ3n) is 5.64. The quantitative estimate of drug-likeness (QED) is 0.513. The number of amides is 2. The van der Waals surface area contributed by atoms with Crippen LogP contribution >= 0.6 is 0 Å². The summed E-state index contributed by atoms with van der Waals surface area (Å²) in [6.07, 6.45) is -1.98. The largest absolute Gasteiger partial charge is 0.493 e. The number of imide groups is 1. The summed E-state index contributed by atoms with van der Waals surface area (Å²) in [6, 6.07) is 3.97. The molecule has 1 aromatic rings. The number of hydrogen-bond donors (Lipinski definition) is 1. The Hall–Kier alpha value is -2.82. The Bertz CT molecular complexity index is 1130. The summed E-state index contributed by atoms with van der Waals surface area (Å²) in [5, 5.41) is -0.941. The summed E-state index contributed by atoms with van der Waals surface area (Å²) >= 11 is 0. The number of carbonyl (C=O) groups excluding carboxylic acids is 2. The van der Waals surface area contributed by atoms with Gasteiger partial charge >= 0.3 is 12.2 Å². The number of sulfone groups is 1. The predicted molar refractivity (Wildman–Crippen MR) is 132 cm³/mol. The first-order valence-corrected chi connectivity index (χ1v) is 13.0. The maximum Gasteiger partial charge on any atom is 0.425 e. The van der Waals surface area contributed by atoms with E-state index in [4.69, 9.17) is 24.9 Å². The Labute approximate surface area is 206 Å². The summed E-state index contributed by atoms with van der Waals surface area (Å²) in [7, 11) is -4.00. The van der Waals surface area contributed by atoms with E-state index in [-0.39, 0.29) is 18.9 Å². The first kappa shape index (κ1) is 26.8. The van der Waals surface area contributed by atoms with Gasteiger partial charge in [-0.15, -0.1) is 0 Å². The van der Waals surface area contributed by atoms with Crippen molar-refractivity contribution in [2.75, 3.05) is 12.3 Å². The van der Waals surface area contributed by atoms with Crippen LogP contribution in [0.15, 0.2) is 23.2 Å². The van der Waals surface area contributed by atoms with Crippen LogP contribution in [0.3, 0.4) is 0 Å². The summed E-state index contributed by atoms with van der Waals surface area (Å²) in [6.45, 7) is 12.8. The summed E-state index contributed by atoms with van der Waals surface area (Å²) in [5.41, 5.74) is 4.94. The summed E-state index contributed by atoms with van der Waals surface area (Å²) in [4.78, 5) is 31.9. The van der Waals surface area contributed by atoms with Crippen LogP contribution in [-0.4, -0.2) is 59.1 Å². The lowest BCUT2D eigenvalue weighted by molar-refractivity contribution is 0.0139. The molecule has 2 atom stereocenters. The zero-order chi connectivity index (χ0) is 26.6. The van der Waals surface area contributed by atoms with Crippen molar-refractivity contribution in [1.82, 2.24) is 4.90 Å². The third-order valence-corrected chi connectivity index (χ3v) is 8.53. The van der Waals surface area contributed by atoms with Gasteiger partial charge in [0.05, 0.1) is 17.9 Å². The van der Waals surface area contributed by atoms with Gasteiger partial charge in [-0.25, -0.2) is 18.0 Å². The Morgan fingerprint density at radius 1 is 1.09 bits per heavy atom. The van der Waals surface area contributed by atoms with Crippen molar-refractivity contribution in [1.29, 1.82) is 0 Å². The van der Waals surface area contributed by atoms with Gasteiger partial charge in [-0.2, -0.15) is 4.90 Å². The number of ether oxygens (including phenoxy) is 3. The van der Waals surface area contributed by atoms with Gasteiger partial charge in [0.2, 0.25) is 0 Å². The Kier molecular flexibility index (Phi) is 6.65. The van der Waals surface area contributed by atoms with Gasteiger partial charge in [0.1, 0.15) is 27.5 Å². The van der Waals surface area contributed by atoms with E-state index in [9.17, 15) is 18.0 Å². The number of fused-ring (bicyclic) bond motifs is 3. The van der Waals surface area contributed by atoms with Gasteiger partial charge in [-0.3, -0.25) is 4.99 Å². The molecule has 2 N–H and O–H groups in total. The molecule has 35 heavy (non-hydrogen) atoms. The highest BCUT2D eigenvalue weighted by atomic mass is 32.2. The van der Waals surface area contributed by atoms with Crippen LogP contribution in [0.1, 0.15) is 73.4 Å².